The van der Waals surface area contributed by atoms with E-state index in [-0.39, 0.29) is 22.0 Å². The first-order valence-electron chi connectivity index (χ1n) is 13.7. The molecule has 1 nitrogen and oxygen atoms in total. The van der Waals surface area contributed by atoms with E-state index >= 15 is 0 Å². The Labute approximate surface area is 231 Å². The summed E-state index contributed by atoms with van der Waals surface area (Å²) in [5.74, 6) is 0.525. The van der Waals surface area contributed by atoms with Gasteiger partial charge in [-0.25, -0.2) is 0 Å². The maximum atomic E-state index is 12.7. The highest BCUT2D eigenvalue weighted by atomic mass is 16.3. The molecule has 4 aromatic carbocycles. The van der Waals surface area contributed by atoms with Crippen LogP contribution in [0.3, 0.4) is 0 Å². The minimum atomic E-state index is -0.113. The van der Waals surface area contributed by atoms with Crippen LogP contribution in [0, 0.1) is 0 Å². The fraction of sp³-hybridized carbons (Fsp3) is 0.351. The molecule has 4 aromatic rings. The van der Waals surface area contributed by atoms with Crippen molar-refractivity contribution in [3.63, 3.8) is 0 Å². The van der Waals surface area contributed by atoms with Crippen molar-refractivity contribution < 1.29 is 5.11 Å². The van der Waals surface area contributed by atoms with Gasteiger partial charge in [-0.15, -0.1) is 5.75 Å². The van der Waals surface area contributed by atoms with Crippen LogP contribution in [0.25, 0.3) is 0 Å². The van der Waals surface area contributed by atoms with Gasteiger partial charge in [-0.1, -0.05) is 165 Å². The zero-order valence-corrected chi connectivity index (χ0v) is 24.8. The first-order chi connectivity index (χ1) is 17.7. The molecule has 0 saturated heterocycles. The highest BCUT2D eigenvalue weighted by Gasteiger charge is 2.25. The molecule has 0 heterocycles. The number of hydrogen-bond acceptors (Lipinski definition) is 1. The molecule has 0 aliphatic heterocycles. The first kappa shape index (κ1) is 29.2. The summed E-state index contributed by atoms with van der Waals surface area (Å²) < 4.78 is 0. The number of rotatable bonds is 3. The fourth-order valence-corrected chi connectivity index (χ4v) is 4.69. The van der Waals surface area contributed by atoms with Gasteiger partial charge < -0.3 is 5.11 Å². The standard InChI is InChI=1S/C19H16.C18H30O/c1-4-10-16(11-5-1)19(17-12-6-2-7-13-17)18-14-8-3-9-15-18;1-16(2,3)12-10-13(17(4,5)6)15(19)14(11-12)18(7,8)9/h1-15,19H;10-11,19H,1-9H3/p-1. The van der Waals surface area contributed by atoms with Crippen LogP contribution in [0.1, 0.15) is 102 Å². The van der Waals surface area contributed by atoms with Crippen LogP contribution in [-0.4, -0.2) is 0 Å². The second-order valence-electron chi connectivity index (χ2n) is 13.3. The van der Waals surface area contributed by atoms with E-state index in [1.165, 1.54) is 22.3 Å². The molecule has 0 bridgehead atoms. The Balaban J connectivity index is 0.000000211. The van der Waals surface area contributed by atoms with Crippen LogP contribution in [0.4, 0.5) is 0 Å². The molecule has 0 aliphatic rings. The number of benzene rings is 4. The molecule has 0 amide bonds. The average molecular weight is 506 g/mol. The topological polar surface area (TPSA) is 23.1 Å². The molecular formula is C37H45O-. The van der Waals surface area contributed by atoms with Gasteiger partial charge >= 0.3 is 0 Å². The van der Waals surface area contributed by atoms with Gasteiger partial charge in [0.05, 0.1) is 0 Å². The Kier molecular flexibility index (Phi) is 8.93. The largest absolute Gasteiger partial charge is 0.872 e. The quantitative estimate of drug-likeness (QED) is 0.254. The van der Waals surface area contributed by atoms with Crippen LogP contribution in [-0.2, 0) is 16.2 Å². The van der Waals surface area contributed by atoms with Crippen molar-refractivity contribution in [2.45, 2.75) is 84.5 Å². The third-order valence-electron chi connectivity index (χ3n) is 6.97. The lowest BCUT2D eigenvalue weighted by Gasteiger charge is -2.36. The Morgan fingerprint density at radius 2 is 0.737 bits per heavy atom. The van der Waals surface area contributed by atoms with Gasteiger partial charge in [-0.05, 0) is 49.6 Å². The molecule has 200 valence electrons. The van der Waals surface area contributed by atoms with Gasteiger partial charge in [-0.3, -0.25) is 0 Å². The van der Waals surface area contributed by atoms with Crippen LogP contribution in [0.5, 0.6) is 5.75 Å². The Hall–Kier alpha value is -3.32. The second kappa shape index (κ2) is 11.6. The minimum absolute atomic E-state index is 0.0632. The van der Waals surface area contributed by atoms with E-state index in [9.17, 15) is 5.11 Å². The molecule has 0 spiro atoms. The van der Waals surface area contributed by atoms with E-state index in [1.54, 1.807) is 0 Å². The van der Waals surface area contributed by atoms with E-state index in [1.807, 2.05) is 0 Å². The second-order valence-corrected chi connectivity index (χ2v) is 13.3. The van der Waals surface area contributed by atoms with E-state index in [2.05, 4.69) is 165 Å². The Morgan fingerprint density at radius 3 is 0.974 bits per heavy atom. The lowest BCUT2D eigenvalue weighted by atomic mass is 9.75. The minimum Gasteiger partial charge on any atom is -0.872 e. The summed E-state index contributed by atoms with van der Waals surface area (Å²) >= 11 is 0. The molecule has 38 heavy (non-hydrogen) atoms. The monoisotopic (exact) mass is 505 g/mol. The molecule has 0 aliphatic carbocycles. The summed E-state index contributed by atoms with van der Waals surface area (Å²) in [5.41, 5.74) is 6.96. The van der Waals surface area contributed by atoms with Gasteiger partial charge in [0.2, 0.25) is 0 Å². The van der Waals surface area contributed by atoms with Gasteiger partial charge in [0, 0.05) is 5.92 Å². The molecular weight excluding hydrogens is 460 g/mol. The van der Waals surface area contributed by atoms with Crippen molar-refractivity contribution in [1.29, 1.82) is 0 Å². The van der Waals surface area contributed by atoms with Crippen LogP contribution in [0.15, 0.2) is 103 Å². The third-order valence-corrected chi connectivity index (χ3v) is 6.97. The van der Waals surface area contributed by atoms with Crippen molar-refractivity contribution in [3.8, 4) is 5.75 Å². The Bertz CT molecular complexity index is 1150. The van der Waals surface area contributed by atoms with Crippen molar-refractivity contribution >= 4 is 0 Å². The normalized spacial score (nSPS) is 12.2. The highest BCUT2D eigenvalue weighted by molar-refractivity contribution is 5.50. The molecule has 4 rings (SSSR count). The maximum absolute atomic E-state index is 12.7. The van der Waals surface area contributed by atoms with Gasteiger partial charge in [0.1, 0.15) is 0 Å². The van der Waals surface area contributed by atoms with E-state index < -0.39 is 0 Å². The summed E-state index contributed by atoms with van der Waals surface area (Å²) in [5, 5.41) is 12.7. The van der Waals surface area contributed by atoms with E-state index in [0.29, 0.717) is 5.92 Å². The lowest BCUT2D eigenvalue weighted by molar-refractivity contribution is -0.271. The van der Waals surface area contributed by atoms with Crippen LogP contribution < -0.4 is 5.11 Å². The molecule has 0 atom stereocenters. The van der Waals surface area contributed by atoms with Crippen LogP contribution in [0.2, 0.25) is 0 Å². The smallest absolute Gasteiger partial charge is 0.0339 e. The summed E-state index contributed by atoms with van der Waals surface area (Å²) in [6.07, 6.45) is 0. The molecule has 0 aromatic heterocycles. The van der Waals surface area contributed by atoms with E-state index in [0.717, 1.165) is 11.1 Å². The van der Waals surface area contributed by atoms with E-state index in [4.69, 9.17) is 0 Å². The summed E-state index contributed by atoms with van der Waals surface area (Å²) in [6.45, 7) is 19.3. The fourth-order valence-electron chi connectivity index (χ4n) is 4.69. The van der Waals surface area contributed by atoms with Crippen molar-refractivity contribution in [3.05, 3.63) is 137 Å². The molecule has 0 fully saturated rings. The molecule has 0 radical (unpaired) electrons. The molecule has 1 heteroatoms. The summed E-state index contributed by atoms with van der Waals surface area (Å²) in [7, 11) is 0. The molecule has 0 saturated carbocycles. The van der Waals surface area contributed by atoms with Gasteiger partial charge in [0.15, 0.2) is 0 Å². The summed E-state index contributed by atoms with van der Waals surface area (Å²) in [4.78, 5) is 0. The molecule has 0 N–H and O–H groups in total. The first-order valence-corrected chi connectivity index (χ1v) is 13.7. The highest BCUT2D eigenvalue weighted by Crippen LogP contribution is 2.40. The predicted molar refractivity (Wildman–Crippen MR) is 162 cm³/mol. The zero-order valence-electron chi connectivity index (χ0n) is 24.8. The predicted octanol–water partition coefficient (Wildman–Crippen LogP) is 9.52. The Morgan fingerprint density at radius 1 is 0.447 bits per heavy atom. The van der Waals surface area contributed by atoms with Crippen molar-refractivity contribution in [2.75, 3.05) is 0 Å². The van der Waals surface area contributed by atoms with Gasteiger partial charge in [-0.2, -0.15) is 0 Å². The van der Waals surface area contributed by atoms with Crippen molar-refractivity contribution in [2.24, 2.45) is 0 Å². The van der Waals surface area contributed by atoms with Crippen LogP contribution >= 0.6 is 0 Å². The average Bonchev–Trinajstić information content (AvgIpc) is 2.85. The lowest BCUT2D eigenvalue weighted by Crippen LogP contribution is -2.23. The SMILES string of the molecule is CC(C)(C)c1cc(C(C)(C)C)c([O-])c(C(C)(C)C)c1.c1ccc(C(c2ccccc2)c2ccccc2)cc1. The van der Waals surface area contributed by atoms with Crippen molar-refractivity contribution in [1.82, 2.24) is 0 Å². The molecule has 0 unspecified atom stereocenters. The summed E-state index contributed by atoms with van der Waals surface area (Å²) in [6, 6.07) is 36.2. The number of hydrogen-bond donors (Lipinski definition) is 0. The van der Waals surface area contributed by atoms with Gasteiger partial charge in [0.25, 0.3) is 0 Å². The maximum Gasteiger partial charge on any atom is 0.0339 e. The zero-order chi connectivity index (χ0) is 28.1. The third kappa shape index (κ3) is 7.38.